The zero-order valence-electron chi connectivity index (χ0n) is 15.9. The molecule has 7 heteroatoms. The summed E-state index contributed by atoms with van der Waals surface area (Å²) in [7, 11) is 0. The number of pyridine rings is 1. The van der Waals surface area contributed by atoms with E-state index in [1.807, 2.05) is 13.0 Å². The highest BCUT2D eigenvalue weighted by Crippen LogP contribution is 2.45. The highest BCUT2D eigenvalue weighted by Gasteiger charge is 2.21. The van der Waals surface area contributed by atoms with Gasteiger partial charge in [-0.15, -0.1) is 0 Å². The Labute approximate surface area is 166 Å². The maximum absolute atomic E-state index is 13.2. The first-order chi connectivity index (χ1) is 14.0. The number of aromatic nitrogens is 2. The predicted molar refractivity (Wildman–Crippen MR) is 110 cm³/mol. The molecule has 5 nitrogen and oxygen atoms in total. The van der Waals surface area contributed by atoms with Crippen LogP contribution in [0.2, 0.25) is 0 Å². The molecule has 0 aliphatic rings. The number of phenolic OH excluding ortho intramolecular Hbond substituents is 1. The molecule has 0 fully saturated rings. The molecule has 0 saturated carbocycles. The van der Waals surface area contributed by atoms with E-state index in [1.54, 1.807) is 24.5 Å². The van der Waals surface area contributed by atoms with E-state index in [4.69, 9.17) is 0 Å². The molecule has 4 aromatic rings. The van der Waals surface area contributed by atoms with Crippen molar-refractivity contribution in [3.63, 3.8) is 0 Å². The number of nitrogens with zero attached hydrogens (tertiary/aromatic N) is 2. The van der Waals surface area contributed by atoms with Crippen molar-refractivity contribution in [1.82, 2.24) is 9.55 Å². The predicted octanol–water partition coefficient (Wildman–Crippen LogP) is 4.73. The Balaban J connectivity index is 1.91. The van der Waals surface area contributed by atoms with Crippen molar-refractivity contribution < 1.29 is 19.0 Å². The number of anilines is 1. The number of alkyl halides is 1. The molecule has 0 spiro atoms. The van der Waals surface area contributed by atoms with Crippen LogP contribution < -0.4 is 5.32 Å². The van der Waals surface area contributed by atoms with Gasteiger partial charge in [-0.25, -0.2) is 8.78 Å². The van der Waals surface area contributed by atoms with Crippen molar-refractivity contribution >= 4 is 27.4 Å². The summed E-state index contributed by atoms with van der Waals surface area (Å²) in [5, 5.41) is 26.1. The van der Waals surface area contributed by atoms with Crippen LogP contribution in [0.5, 0.6) is 11.6 Å². The Morgan fingerprint density at radius 2 is 1.86 bits per heavy atom. The zero-order chi connectivity index (χ0) is 20.5. The van der Waals surface area contributed by atoms with Crippen molar-refractivity contribution in [3.8, 4) is 11.6 Å². The van der Waals surface area contributed by atoms with Crippen LogP contribution in [0.15, 0.2) is 42.7 Å². The summed E-state index contributed by atoms with van der Waals surface area (Å²) in [4.78, 5) is 4.43. The minimum absolute atomic E-state index is 0.00882. The highest BCUT2D eigenvalue weighted by atomic mass is 19.1. The third-order valence-electron chi connectivity index (χ3n) is 4.99. The third kappa shape index (κ3) is 3.33. The summed E-state index contributed by atoms with van der Waals surface area (Å²) in [5.74, 6) is -0.613. The maximum atomic E-state index is 13.2. The van der Waals surface area contributed by atoms with E-state index < -0.39 is 6.67 Å². The molecule has 2 aromatic heterocycles. The van der Waals surface area contributed by atoms with Gasteiger partial charge in [-0.05, 0) is 42.7 Å². The molecule has 4 rings (SSSR count). The van der Waals surface area contributed by atoms with E-state index >= 15 is 0 Å². The second-order valence-electron chi connectivity index (χ2n) is 6.92. The molecule has 150 valence electrons. The van der Waals surface area contributed by atoms with Gasteiger partial charge in [-0.2, -0.15) is 0 Å². The van der Waals surface area contributed by atoms with Gasteiger partial charge in [0.2, 0.25) is 5.88 Å². The molecule has 0 amide bonds. The summed E-state index contributed by atoms with van der Waals surface area (Å²) in [6, 6.07) is 8.20. The smallest absolute Gasteiger partial charge is 0.203 e. The number of phenols is 1. The Kier molecular flexibility index (Phi) is 4.96. The van der Waals surface area contributed by atoms with Gasteiger partial charge in [0.1, 0.15) is 18.0 Å². The lowest BCUT2D eigenvalue weighted by molar-refractivity contribution is 0.385. The number of fused-ring (bicyclic) bond motifs is 2. The molecule has 2 aromatic carbocycles. The second kappa shape index (κ2) is 7.58. The molecule has 3 N–H and O–H groups in total. The zero-order valence-corrected chi connectivity index (χ0v) is 15.9. The van der Waals surface area contributed by atoms with Crippen molar-refractivity contribution in [3.05, 3.63) is 59.7 Å². The van der Waals surface area contributed by atoms with E-state index in [1.165, 1.54) is 16.7 Å². The van der Waals surface area contributed by atoms with E-state index in [2.05, 4.69) is 10.3 Å². The molecule has 0 aliphatic carbocycles. The average Bonchev–Trinajstić information content (AvgIpc) is 3.04. The van der Waals surface area contributed by atoms with Gasteiger partial charge in [0, 0.05) is 29.7 Å². The molecule has 0 unspecified atom stereocenters. The topological polar surface area (TPSA) is 70.3 Å². The molecule has 29 heavy (non-hydrogen) atoms. The first-order valence-electron chi connectivity index (χ1n) is 9.43. The fourth-order valence-electron chi connectivity index (χ4n) is 3.68. The molecular weight excluding hydrogens is 376 g/mol. The number of aromatic hydroxyl groups is 2. The van der Waals surface area contributed by atoms with E-state index in [0.717, 1.165) is 16.8 Å². The lowest BCUT2D eigenvalue weighted by Crippen LogP contribution is -2.00. The number of hydrogen-bond donors (Lipinski definition) is 3. The molecule has 0 saturated heterocycles. The van der Waals surface area contributed by atoms with Crippen molar-refractivity contribution in [2.75, 3.05) is 18.5 Å². The quantitative estimate of drug-likeness (QED) is 0.411. The minimum atomic E-state index is -0.633. The van der Waals surface area contributed by atoms with Gasteiger partial charge in [-0.1, -0.05) is 12.1 Å². The molecular formula is C22H21F2N3O2. The Morgan fingerprint density at radius 1 is 1.10 bits per heavy atom. The number of rotatable bonds is 6. The van der Waals surface area contributed by atoms with Gasteiger partial charge in [-0.3, -0.25) is 4.98 Å². The van der Waals surface area contributed by atoms with Crippen LogP contribution in [0.25, 0.3) is 21.7 Å². The first kappa shape index (κ1) is 19.0. The number of nitrogens with one attached hydrogen (secondary N) is 1. The van der Waals surface area contributed by atoms with Crippen LogP contribution in [0.4, 0.5) is 14.5 Å². The molecule has 0 radical (unpaired) electrons. The lowest BCUT2D eigenvalue weighted by Gasteiger charge is -2.13. The van der Waals surface area contributed by atoms with Gasteiger partial charge in [0.05, 0.1) is 17.6 Å². The summed E-state index contributed by atoms with van der Waals surface area (Å²) < 4.78 is 27.4. The standard InChI is InChI=1S/C22H21F2N3O2/c1-2-25-19-16-10-14(9-13-3-5-15(24)6-4-13)11-26-20(16)21(28)18-17(19)12-27(8-7-23)22(18)29/h3-6,10-12,25,28-29H,2,7-9H2,1H3. The van der Waals surface area contributed by atoms with E-state index in [-0.39, 0.29) is 29.4 Å². The first-order valence-corrected chi connectivity index (χ1v) is 9.43. The van der Waals surface area contributed by atoms with Crippen LogP contribution in [-0.4, -0.2) is 33.0 Å². The van der Waals surface area contributed by atoms with Crippen LogP contribution in [0.3, 0.4) is 0 Å². The number of benzene rings is 2. The van der Waals surface area contributed by atoms with Crippen LogP contribution in [0, 0.1) is 5.82 Å². The largest absolute Gasteiger partial charge is 0.505 e. The van der Waals surface area contributed by atoms with Crippen molar-refractivity contribution in [2.45, 2.75) is 19.9 Å². The maximum Gasteiger partial charge on any atom is 0.203 e. The van der Waals surface area contributed by atoms with Gasteiger partial charge >= 0.3 is 0 Å². The Morgan fingerprint density at radius 3 is 2.55 bits per heavy atom. The van der Waals surface area contributed by atoms with E-state index in [9.17, 15) is 19.0 Å². The van der Waals surface area contributed by atoms with Gasteiger partial charge < -0.3 is 20.1 Å². The number of hydrogen-bond acceptors (Lipinski definition) is 4. The summed E-state index contributed by atoms with van der Waals surface area (Å²) in [6.07, 6.45) is 3.85. The highest BCUT2D eigenvalue weighted by molar-refractivity contribution is 6.16. The van der Waals surface area contributed by atoms with Gasteiger partial charge in [0.15, 0.2) is 5.75 Å². The minimum Gasteiger partial charge on any atom is -0.505 e. The fraction of sp³-hybridized carbons (Fsp3) is 0.227. The molecule has 0 aliphatic heterocycles. The Bertz CT molecular complexity index is 1190. The van der Waals surface area contributed by atoms with Crippen LogP contribution in [-0.2, 0) is 13.0 Å². The Hall–Kier alpha value is -3.35. The van der Waals surface area contributed by atoms with Gasteiger partial charge in [0.25, 0.3) is 0 Å². The van der Waals surface area contributed by atoms with Crippen molar-refractivity contribution in [1.29, 1.82) is 0 Å². The van der Waals surface area contributed by atoms with Crippen molar-refractivity contribution in [2.24, 2.45) is 0 Å². The molecule has 0 atom stereocenters. The third-order valence-corrected chi connectivity index (χ3v) is 4.99. The van der Waals surface area contributed by atoms with Crippen LogP contribution in [0.1, 0.15) is 18.1 Å². The normalized spacial score (nSPS) is 11.4. The summed E-state index contributed by atoms with van der Waals surface area (Å²) in [5.41, 5.74) is 2.91. The fourth-order valence-corrected chi connectivity index (χ4v) is 3.68. The lowest BCUT2D eigenvalue weighted by atomic mass is 10.0. The van der Waals surface area contributed by atoms with E-state index in [0.29, 0.717) is 29.3 Å². The van der Waals surface area contributed by atoms with Crippen LogP contribution >= 0.6 is 0 Å². The number of halogens is 2. The SMILES string of the molecule is CCNc1c2cc(Cc3ccc(F)cc3)cnc2c(O)c2c(O)n(CCF)cc12. The second-order valence-corrected chi connectivity index (χ2v) is 6.92. The summed E-state index contributed by atoms with van der Waals surface area (Å²) in [6.45, 7) is 1.92. The molecule has 0 bridgehead atoms. The average molecular weight is 397 g/mol. The summed E-state index contributed by atoms with van der Waals surface area (Å²) >= 11 is 0. The monoisotopic (exact) mass is 397 g/mol. The number of aryl methyl sites for hydroxylation is 1. The molecule has 2 heterocycles.